The average molecular weight is 441 g/mol. The van der Waals surface area contributed by atoms with Crippen LogP contribution in [0.4, 0.5) is 0 Å². The minimum Gasteiger partial charge on any atom is -0.469 e. The second-order valence-electron chi connectivity index (χ2n) is 7.38. The number of para-hydroxylation sites is 1. The molecule has 3 aromatic carbocycles. The zero-order valence-electron chi connectivity index (χ0n) is 18.0. The van der Waals surface area contributed by atoms with Gasteiger partial charge in [-0.15, -0.1) is 0 Å². The fourth-order valence-corrected chi connectivity index (χ4v) is 3.53. The summed E-state index contributed by atoms with van der Waals surface area (Å²) in [7, 11) is 1.31. The summed E-state index contributed by atoms with van der Waals surface area (Å²) in [5.74, 6) is 0.0331. The van der Waals surface area contributed by atoms with E-state index in [2.05, 4.69) is 10.1 Å². The number of nitrogen functional groups attached to an aromatic ring is 1. The lowest BCUT2D eigenvalue weighted by molar-refractivity contribution is -0.140. The maximum atomic E-state index is 12.6. The molecule has 0 saturated carbocycles. The van der Waals surface area contributed by atoms with Crippen LogP contribution in [0.15, 0.2) is 72.8 Å². The largest absolute Gasteiger partial charge is 0.469 e. The van der Waals surface area contributed by atoms with Crippen LogP contribution in [0.5, 0.6) is 0 Å². The van der Waals surface area contributed by atoms with Crippen LogP contribution in [0.2, 0.25) is 0 Å². The first-order valence-electron chi connectivity index (χ1n) is 10.4. The first-order valence-corrected chi connectivity index (χ1v) is 10.4. The van der Waals surface area contributed by atoms with Gasteiger partial charge in [-0.2, -0.15) is 0 Å². The molecular weight excluding hydrogens is 418 g/mol. The van der Waals surface area contributed by atoms with Gasteiger partial charge in [-0.05, 0) is 30.3 Å². The summed E-state index contributed by atoms with van der Waals surface area (Å²) < 4.78 is 6.62. The Morgan fingerprint density at radius 2 is 1.73 bits per heavy atom. The van der Waals surface area contributed by atoms with E-state index in [1.54, 1.807) is 24.3 Å². The first kappa shape index (κ1) is 21.8. The van der Waals surface area contributed by atoms with Gasteiger partial charge < -0.3 is 15.8 Å². The number of esters is 1. The van der Waals surface area contributed by atoms with E-state index in [9.17, 15) is 9.59 Å². The molecule has 0 aliphatic heterocycles. The SMILES string of the molecule is COC(=O)CCNC(=O)c1ccc2c(c1)nc(-c1ccc(C(=N)N)cc1)n2-c1ccccc1. The quantitative estimate of drug-likeness (QED) is 0.231. The molecule has 8 heteroatoms. The number of imidazole rings is 1. The summed E-state index contributed by atoms with van der Waals surface area (Å²) in [4.78, 5) is 28.7. The maximum Gasteiger partial charge on any atom is 0.307 e. The average Bonchev–Trinajstić information content (AvgIpc) is 3.23. The minimum atomic E-state index is -0.382. The second-order valence-corrected chi connectivity index (χ2v) is 7.38. The van der Waals surface area contributed by atoms with Gasteiger partial charge in [0.1, 0.15) is 11.7 Å². The summed E-state index contributed by atoms with van der Waals surface area (Å²) >= 11 is 0. The van der Waals surface area contributed by atoms with Crippen LogP contribution in [0, 0.1) is 5.41 Å². The molecule has 0 fully saturated rings. The summed E-state index contributed by atoms with van der Waals surface area (Å²) in [6.07, 6.45) is 0.105. The third-order valence-electron chi connectivity index (χ3n) is 5.23. The van der Waals surface area contributed by atoms with Crippen molar-refractivity contribution in [3.8, 4) is 17.1 Å². The number of carbonyl (C=O) groups excluding carboxylic acids is 2. The van der Waals surface area contributed by atoms with E-state index in [4.69, 9.17) is 16.1 Å². The predicted molar refractivity (Wildman–Crippen MR) is 126 cm³/mol. The Labute approximate surface area is 190 Å². The minimum absolute atomic E-state index is 0.000894. The molecule has 8 nitrogen and oxygen atoms in total. The molecule has 0 unspecified atom stereocenters. The molecule has 0 aliphatic carbocycles. The zero-order chi connectivity index (χ0) is 23.4. The third kappa shape index (κ3) is 4.59. The molecule has 1 heterocycles. The van der Waals surface area contributed by atoms with Crippen LogP contribution in [0.3, 0.4) is 0 Å². The highest BCUT2D eigenvalue weighted by molar-refractivity contribution is 5.98. The smallest absolute Gasteiger partial charge is 0.307 e. The number of hydrogen-bond acceptors (Lipinski definition) is 5. The molecule has 0 atom stereocenters. The number of rotatable bonds is 7. The van der Waals surface area contributed by atoms with E-state index in [1.807, 2.05) is 53.1 Å². The van der Waals surface area contributed by atoms with Crippen LogP contribution in [-0.4, -0.2) is 40.9 Å². The summed E-state index contributed by atoms with van der Waals surface area (Å²) in [6.45, 7) is 0.190. The molecule has 0 radical (unpaired) electrons. The normalized spacial score (nSPS) is 10.7. The molecule has 4 rings (SSSR count). The Kier molecular flexibility index (Phi) is 6.17. The predicted octanol–water partition coefficient (Wildman–Crippen LogP) is 3.27. The van der Waals surface area contributed by atoms with E-state index < -0.39 is 0 Å². The van der Waals surface area contributed by atoms with Crippen molar-refractivity contribution < 1.29 is 14.3 Å². The Morgan fingerprint density at radius 3 is 2.39 bits per heavy atom. The van der Waals surface area contributed by atoms with Gasteiger partial charge in [0.25, 0.3) is 5.91 Å². The molecule has 0 aliphatic rings. The van der Waals surface area contributed by atoms with Crippen molar-refractivity contribution in [3.63, 3.8) is 0 Å². The Morgan fingerprint density at radius 1 is 1.03 bits per heavy atom. The number of amidine groups is 1. The topological polar surface area (TPSA) is 123 Å². The lowest BCUT2D eigenvalue weighted by atomic mass is 10.1. The van der Waals surface area contributed by atoms with E-state index >= 15 is 0 Å². The monoisotopic (exact) mass is 441 g/mol. The number of carbonyl (C=O) groups is 2. The molecule has 1 aromatic heterocycles. The number of nitrogens with zero attached hydrogens (tertiary/aromatic N) is 2. The van der Waals surface area contributed by atoms with Gasteiger partial charge in [0.05, 0.1) is 24.6 Å². The molecule has 0 spiro atoms. The van der Waals surface area contributed by atoms with Crippen molar-refractivity contribution >= 4 is 28.7 Å². The molecule has 1 amide bonds. The highest BCUT2D eigenvalue weighted by atomic mass is 16.5. The molecule has 4 N–H and O–H groups in total. The number of methoxy groups -OCH3 is 1. The van der Waals surface area contributed by atoms with Crippen molar-refractivity contribution in [2.45, 2.75) is 6.42 Å². The van der Waals surface area contributed by atoms with Crippen molar-refractivity contribution in [1.29, 1.82) is 5.41 Å². The van der Waals surface area contributed by atoms with E-state index in [0.29, 0.717) is 22.5 Å². The number of benzene rings is 3. The van der Waals surface area contributed by atoms with Gasteiger partial charge >= 0.3 is 5.97 Å². The van der Waals surface area contributed by atoms with Crippen LogP contribution >= 0.6 is 0 Å². The van der Waals surface area contributed by atoms with Gasteiger partial charge in [0.15, 0.2) is 0 Å². The van der Waals surface area contributed by atoms with Gasteiger partial charge in [-0.1, -0.05) is 42.5 Å². The van der Waals surface area contributed by atoms with E-state index in [0.717, 1.165) is 16.8 Å². The fraction of sp³-hybridized carbons (Fsp3) is 0.120. The highest BCUT2D eigenvalue weighted by Crippen LogP contribution is 2.29. The molecule has 33 heavy (non-hydrogen) atoms. The summed E-state index contributed by atoms with van der Waals surface area (Å²) in [5.41, 5.74) is 9.95. The fourth-order valence-electron chi connectivity index (χ4n) is 3.53. The lowest BCUT2D eigenvalue weighted by Gasteiger charge is -2.10. The molecule has 0 saturated heterocycles. The second kappa shape index (κ2) is 9.35. The zero-order valence-corrected chi connectivity index (χ0v) is 18.0. The first-order chi connectivity index (χ1) is 16.0. The standard InChI is InChI=1S/C25H23N5O3/c1-33-22(31)13-14-28-25(32)18-11-12-21-20(15-18)29-24(30(21)19-5-3-2-4-6-19)17-9-7-16(8-10-17)23(26)27/h2-12,15H,13-14H2,1H3,(H3,26,27)(H,28,32). The summed E-state index contributed by atoms with van der Waals surface area (Å²) in [6, 6.07) is 22.5. The number of aromatic nitrogens is 2. The van der Waals surface area contributed by atoms with Crippen LogP contribution in [-0.2, 0) is 9.53 Å². The third-order valence-corrected chi connectivity index (χ3v) is 5.23. The van der Waals surface area contributed by atoms with Crippen molar-refractivity contribution in [1.82, 2.24) is 14.9 Å². The van der Waals surface area contributed by atoms with Gasteiger partial charge in [0, 0.05) is 28.9 Å². The van der Waals surface area contributed by atoms with Crippen molar-refractivity contribution in [2.75, 3.05) is 13.7 Å². The Bertz CT molecular complexity index is 1330. The lowest BCUT2D eigenvalue weighted by Crippen LogP contribution is -2.26. The number of hydrogen-bond donors (Lipinski definition) is 3. The van der Waals surface area contributed by atoms with Gasteiger partial charge in [-0.25, -0.2) is 4.98 Å². The Balaban J connectivity index is 1.74. The molecular formula is C25H23N5O3. The van der Waals surface area contributed by atoms with E-state index in [-0.39, 0.29) is 30.7 Å². The van der Waals surface area contributed by atoms with Crippen LogP contribution in [0.25, 0.3) is 28.1 Å². The van der Waals surface area contributed by atoms with Gasteiger partial charge in [-0.3, -0.25) is 19.6 Å². The number of nitrogens with two attached hydrogens (primary N) is 1. The molecule has 0 bridgehead atoms. The number of amides is 1. The molecule has 166 valence electrons. The number of ether oxygens (including phenoxy) is 1. The maximum absolute atomic E-state index is 12.6. The highest BCUT2D eigenvalue weighted by Gasteiger charge is 2.16. The summed E-state index contributed by atoms with van der Waals surface area (Å²) in [5, 5.41) is 10.3. The van der Waals surface area contributed by atoms with Crippen LogP contribution in [0.1, 0.15) is 22.3 Å². The number of nitrogens with one attached hydrogen (secondary N) is 2. The number of fused-ring (bicyclic) bond motifs is 1. The van der Waals surface area contributed by atoms with Crippen LogP contribution < -0.4 is 11.1 Å². The van der Waals surface area contributed by atoms with Gasteiger partial charge in [0.2, 0.25) is 0 Å². The Hall–Kier alpha value is -4.46. The van der Waals surface area contributed by atoms with Crippen molar-refractivity contribution in [2.24, 2.45) is 5.73 Å². The molecule has 4 aromatic rings. The van der Waals surface area contributed by atoms with E-state index in [1.165, 1.54) is 7.11 Å². The van der Waals surface area contributed by atoms with Crippen molar-refractivity contribution in [3.05, 3.63) is 83.9 Å².